The number of anilines is 1. The second-order valence-corrected chi connectivity index (χ2v) is 7.20. The first-order valence-corrected chi connectivity index (χ1v) is 9.77. The minimum atomic E-state index is -3.61. The van der Waals surface area contributed by atoms with Crippen LogP contribution < -0.4 is 14.2 Å². The average molecular weight is 381 g/mol. The summed E-state index contributed by atoms with van der Waals surface area (Å²) in [5, 5.41) is 1.14. The van der Waals surface area contributed by atoms with Crippen LogP contribution in [0.25, 0.3) is 6.08 Å². The smallest absolute Gasteiger partial charge is 0.255 e. The lowest BCUT2D eigenvalue weighted by Gasteiger charge is -2.10. The highest BCUT2D eigenvalue weighted by molar-refractivity contribution is 7.95. The van der Waals surface area contributed by atoms with Crippen LogP contribution in [0.15, 0.2) is 84.3 Å². The normalized spacial score (nSPS) is 11.3. The van der Waals surface area contributed by atoms with Crippen molar-refractivity contribution in [3.63, 3.8) is 0 Å². The van der Waals surface area contributed by atoms with Crippen molar-refractivity contribution in [1.29, 1.82) is 0 Å². The second kappa shape index (κ2) is 8.42. The van der Waals surface area contributed by atoms with Crippen molar-refractivity contribution in [3.05, 3.63) is 89.8 Å². The van der Waals surface area contributed by atoms with E-state index in [9.17, 15) is 8.42 Å². The summed E-state index contributed by atoms with van der Waals surface area (Å²) in [4.78, 5) is 0. The fourth-order valence-corrected chi connectivity index (χ4v) is 3.22. The molecule has 0 heterocycles. The Kier molecular flexibility index (Phi) is 5.78. The lowest BCUT2D eigenvalue weighted by Crippen LogP contribution is -2.08. The van der Waals surface area contributed by atoms with Gasteiger partial charge in [-0.2, -0.15) is 0 Å². The molecule has 3 aromatic carbocycles. The monoisotopic (exact) mass is 381 g/mol. The van der Waals surface area contributed by atoms with Crippen LogP contribution in [0.1, 0.15) is 5.56 Å². The van der Waals surface area contributed by atoms with Gasteiger partial charge in [0.05, 0.1) is 12.5 Å². The van der Waals surface area contributed by atoms with E-state index in [0.717, 1.165) is 11.0 Å². The molecule has 0 amide bonds. The number of para-hydroxylation sites is 2. The van der Waals surface area contributed by atoms with Crippen LogP contribution in [0.2, 0.25) is 0 Å². The largest absolute Gasteiger partial charge is 0.493 e. The summed E-state index contributed by atoms with van der Waals surface area (Å²) in [6.07, 6.45) is 1.54. The van der Waals surface area contributed by atoms with Crippen molar-refractivity contribution in [2.45, 2.75) is 0 Å². The standard InChI is InChI=1S/C21H19NO4S/c1-25-20-9-5-6-10-21(20)26-19-13-11-18(12-14-19)22-27(23,24)16-15-17-7-3-2-4-8-17/h2-16,22H,1H3/b16-15+. The number of hydrogen-bond acceptors (Lipinski definition) is 4. The second-order valence-electron chi connectivity index (χ2n) is 5.64. The van der Waals surface area contributed by atoms with Gasteiger partial charge in [-0.1, -0.05) is 42.5 Å². The van der Waals surface area contributed by atoms with Gasteiger partial charge in [-0.05, 0) is 48.0 Å². The Hall–Kier alpha value is -3.25. The third-order valence-electron chi connectivity index (χ3n) is 3.65. The molecule has 0 atom stereocenters. The first kappa shape index (κ1) is 18.5. The molecule has 0 fully saturated rings. The van der Waals surface area contributed by atoms with Crippen molar-refractivity contribution in [2.75, 3.05) is 11.8 Å². The van der Waals surface area contributed by atoms with E-state index < -0.39 is 10.0 Å². The van der Waals surface area contributed by atoms with E-state index in [1.54, 1.807) is 49.6 Å². The summed E-state index contributed by atoms with van der Waals surface area (Å²) < 4.78 is 37.9. The topological polar surface area (TPSA) is 64.6 Å². The lowest BCUT2D eigenvalue weighted by molar-refractivity contribution is 0.379. The molecule has 0 saturated heterocycles. The fraction of sp³-hybridized carbons (Fsp3) is 0.0476. The molecular formula is C21H19NO4S. The molecule has 3 rings (SSSR count). The van der Waals surface area contributed by atoms with Gasteiger partial charge in [0.15, 0.2) is 11.5 Å². The molecule has 138 valence electrons. The van der Waals surface area contributed by atoms with Crippen LogP contribution in [0.4, 0.5) is 5.69 Å². The molecular weight excluding hydrogens is 362 g/mol. The highest BCUT2D eigenvalue weighted by Crippen LogP contribution is 2.31. The van der Waals surface area contributed by atoms with E-state index in [4.69, 9.17) is 9.47 Å². The molecule has 0 saturated carbocycles. The van der Waals surface area contributed by atoms with Gasteiger partial charge in [-0.25, -0.2) is 8.42 Å². The number of sulfonamides is 1. The molecule has 0 aromatic heterocycles. The number of benzene rings is 3. The molecule has 0 aliphatic rings. The molecule has 0 aliphatic carbocycles. The zero-order chi connectivity index (χ0) is 19.1. The first-order valence-electron chi connectivity index (χ1n) is 8.23. The number of ether oxygens (including phenoxy) is 2. The Bertz CT molecular complexity index is 1010. The predicted octanol–water partition coefficient (Wildman–Crippen LogP) is 4.90. The summed E-state index contributed by atoms with van der Waals surface area (Å²) in [7, 11) is -2.03. The van der Waals surface area contributed by atoms with Crippen LogP contribution in [0.5, 0.6) is 17.2 Å². The van der Waals surface area contributed by atoms with Gasteiger partial charge in [0.1, 0.15) is 5.75 Å². The lowest BCUT2D eigenvalue weighted by atomic mass is 10.2. The van der Waals surface area contributed by atoms with Crippen molar-refractivity contribution in [2.24, 2.45) is 0 Å². The maximum absolute atomic E-state index is 12.2. The van der Waals surface area contributed by atoms with Gasteiger partial charge in [-0.3, -0.25) is 4.72 Å². The van der Waals surface area contributed by atoms with Gasteiger partial charge in [0, 0.05) is 5.69 Å². The molecule has 5 nitrogen and oxygen atoms in total. The summed E-state index contributed by atoms with van der Waals surface area (Å²) in [6.45, 7) is 0. The molecule has 6 heteroatoms. The fourth-order valence-electron chi connectivity index (χ4n) is 2.35. The summed E-state index contributed by atoms with van der Waals surface area (Å²) in [5.41, 5.74) is 1.25. The number of hydrogen-bond donors (Lipinski definition) is 1. The van der Waals surface area contributed by atoms with Crippen molar-refractivity contribution < 1.29 is 17.9 Å². The van der Waals surface area contributed by atoms with E-state index in [-0.39, 0.29) is 0 Å². The van der Waals surface area contributed by atoms with E-state index in [1.165, 1.54) is 0 Å². The summed E-state index contributed by atoms with van der Waals surface area (Å²) >= 11 is 0. The molecule has 1 N–H and O–H groups in total. The van der Waals surface area contributed by atoms with Crippen LogP contribution in [-0.4, -0.2) is 15.5 Å². The SMILES string of the molecule is COc1ccccc1Oc1ccc(NS(=O)(=O)/C=C/c2ccccc2)cc1. The zero-order valence-electron chi connectivity index (χ0n) is 14.7. The Morgan fingerprint density at radius 1 is 0.815 bits per heavy atom. The van der Waals surface area contributed by atoms with E-state index >= 15 is 0 Å². The molecule has 27 heavy (non-hydrogen) atoms. The molecule has 0 aliphatic heterocycles. The van der Waals surface area contributed by atoms with Crippen molar-refractivity contribution in [3.8, 4) is 17.2 Å². The van der Waals surface area contributed by atoms with Gasteiger partial charge in [0.25, 0.3) is 10.0 Å². The highest BCUT2D eigenvalue weighted by atomic mass is 32.2. The number of rotatable bonds is 7. The molecule has 0 radical (unpaired) electrons. The predicted molar refractivity (Wildman–Crippen MR) is 108 cm³/mol. The number of methoxy groups -OCH3 is 1. The van der Waals surface area contributed by atoms with E-state index in [0.29, 0.717) is 22.9 Å². The van der Waals surface area contributed by atoms with Crippen LogP contribution in [-0.2, 0) is 10.0 Å². The molecule has 0 spiro atoms. The Morgan fingerprint density at radius 3 is 2.11 bits per heavy atom. The summed E-state index contributed by atoms with van der Waals surface area (Å²) in [5.74, 6) is 1.77. The van der Waals surface area contributed by atoms with Gasteiger partial charge in [0.2, 0.25) is 0 Å². The minimum Gasteiger partial charge on any atom is -0.493 e. The van der Waals surface area contributed by atoms with E-state index in [2.05, 4.69) is 4.72 Å². The van der Waals surface area contributed by atoms with Gasteiger partial charge in [-0.15, -0.1) is 0 Å². The Labute approximate surface area is 158 Å². The molecule has 0 unspecified atom stereocenters. The van der Waals surface area contributed by atoms with Crippen molar-refractivity contribution in [1.82, 2.24) is 0 Å². The molecule has 3 aromatic rings. The van der Waals surface area contributed by atoms with E-state index in [1.807, 2.05) is 42.5 Å². The van der Waals surface area contributed by atoms with Crippen molar-refractivity contribution >= 4 is 21.8 Å². The average Bonchev–Trinajstić information content (AvgIpc) is 2.69. The third-order valence-corrected chi connectivity index (χ3v) is 4.67. The zero-order valence-corrected chi connectivity index (χ0v) is 15.5. The maximum atomic E-state index is 12.2. The van der Waals surface area contributed by atoms with Crippen LogP contribution in [0, 0.1) is 0 Å². The Morgan fingerprint density at radius 2 is 1.44 bits per heavy atom. The highest BCUT2D eigenvalue weighted by Gasteiger charge is 2.07. The van der Waals surface area contributed by atoms with Crippen LogP contribution in [0.3, 0.4) is 0 Å². The Balaban J connectivity index is 1.67. The molecule has 0 bridgehead atoms. The first-order chi connectivity index (χ1) is 13.1. The minimum absolute atomic E-state index is 0.445. The number of nitrogens with one attached hydrogen (secondary N) is 1. The maximum Gasteiger partial charge on any atom is 0.255 e. The quantitative estimate of drug-likeness (QED) is 0.632. The summed E-state index contributed by atoms with van der Waals surface area (Å²) in [6, 6.07) is 23.2. The van der Waals surface area contributed by atoms with Gasteiger partial charge < -0.3 is 9.47 Å². The van der Waals surface area contributed by atoms with Gasteiger partial charge >= 0.3 is 0 Å². The third kappa shape index (κ3) is 5.36. The van der Waals surface area contributed by atoms with Crippen LogP contribution >= 0.6 is 0 Å².